The maximum atomic E-state index is 12.8. The molecule has 0 saturated heterocycles. The molecule has 0 aliphatic carbocycles. The van der Waals surface area contributed by atoms with Gasteiger partial charge in [-0.2, -0.15) is 0 Å². The third-order valence-corrected chi connectivity index (χ3v) is 6.72. The van der Waals surface area contributed by atoms with Gasteiger partial charge < -0.3 is 9.80 Å². The van der Waals surface area contributed by atoms with E-state index in [4.69, 9.17) is 11.6 Å². The van der Waals surface area contributed by atoms with Crippen LogP contribution in [0.15, 0.2) is 36.4 Å². The summed E-state index contributed by atoms with van der Waals surface area (Å²) in [6.07, 6.45) is 6.90. The fourth-order valence-corrected chi connectivity index (χ4v) is 4.94. The van der Waals surface area contributed by atoms with Crippen LogP contribution in [0, 0.1) is 0 Å². The molecule has 0 fully saturated rings. The molecular formula is C26H31ClN2O2. The minimum absolute atomic E-state index is 0.225. The molecule has 0 N–H and O–H groups in total. The topological polar surface area (TPSA) is 40.6 Å². The minimum Gasteiger partial charge on any atom is -0.312 e. The average molecular weight is 439 g/mol. The number of halogens is 1. The summed E-state index contributed by atoms with van der Waals surface area (Å²) < 4.78 is 0. The Balaban J connectivity index is 1.19. The van der Waals surface area contributed by atoms with E-state index >= 15 is 0 Å². The molecule has 0 atom stereocenters. The third kappa shape index (κ3) is 5.36. The van der Waals surface area contributed by atoms with Crippen molar-refractivity contribution >= 4 is 29.0 Å². The first kappa shape index (κ1) is 22.0. The smallest absolute Gasteiger partial charge is 0.227 e. The molecule has 4 nitrogen and oxygen atoms in total. The molecule has 31 heavy (non-hydrogen) atoms. The molecule has 2 aromatic carbocycles. The Labute approximate surface area is 190 Å². The van der Waals surface area contributed by atoms with Gasteiger partial charge in [0, 0.05) is 36.5 Å². The fourth-order valence-electron chi connectivity index (χ4n) is 4.73. The lowest BCUT2D eigenvalue weighted by molar-refractivity contribution is -0.118. The molecule has 4 rings (SSSR count). The summed E-state index contributed by atoms with van der Waals surface area (Å²) in [6.45, 7) is 2.82. The number of unbranched alkanes of at least 4 members (excludes halogenated alkanes) is 2. The highest BCUT2D eigenvalue weighted by molar-refractivity contribution is 6.30. The van der Waals surface area contributed by atoms with Gasteiger partial charge in [0.25, 0.3) is 0 Å². The number of carbonyl (C=O) groups is 2. The number of nitrogens with zero attached hydrogens (tertiary/aromatic N) is 2. The van der Waals surface area contributed by atoms with Crippen molar-refractivity contribution in [3.8, 4) is 0 Å². The van der Waals surface area contributed by atoms with E-state index in [0.717, 1.165) is 74.4 Å². The van der Waals surface area contributed by atoms with Gasteiger partial charge in [-0.05, 0) is 86.7 Å². The maximum absolute atomic E-state index is 12.8. The van der Waals surface area contributed by atoms with Crippen LogP contribution in [0.2, 0.25) is 5.02 Å². The number of anilines is 1. The second-order valence-corrected chi connectivity index (χ2v) is 9.29. The van der Waals surface area contributed by atoms with E-state index in [1.807, 2.05) is 35.2 Å². The minimum atomic E-state index is 0.225. The highest BCUT2D eigenvalue weighted by Gasteiger charge is 2.31. The summed E-state index contributed by atoms with van der Waals surface area (Å²) in [7, 11) is 2.15. The van der Waals surface area contributed by atoms with Crippen molar-refractivity contribution in [2.24, 2.45) is 0 Å². The van der Waals surface area contributed by atoms with Gasteiger partial charge in [0.05, 0.1) is 5.69 Å². The number of benzene rings is 2. The van der Waals surface area contributed by atoms with Gasteiger partial charge in [0.1, 0.15) is 0 Å². The molecule has 164 valence electrons. The molecule has 5 heteroatoms. The number of hydrogen-bond acceptors (Lipinski definition) is 3. The number of rotatable bonds is 10. The highest BCUT2D eigenvalue weighted by atomic mass is 35.5. The number of ketones is 1. The maximum Gasteiger partial charge on any atom is 0.227 e. The normalized spacial score (nSPS) is 14.9. The zero-order valence-corrected chi connectivity index (χ0v) is 19.1. The van der Waals surface area contributed by atoms with Crippen LogP contribution in [-0.2, 0) is 24.1 Å². The Hall–Kier alpha value is -2.17. The zero-order valence-electron chi connectivity index (χ0n) is 18.3. The van der Waals surface area contributed by atoms with E-state index in [0.29, 0.717) is 12.8 Å². The Morgan fingerprint density at radius 1 is 1.03 bits per heavy atom. The van der Waals surface area contributed by atoms with Crippen molar-refractivity contribution in [2.75, 3.05) is 31.6 Å². The van der Waals surface area contributed by atoms with Crippen molar-refractivity contribution in [1.82, 2.24) is 4.90 Å². The van der Waals surface area contributed by atoms with Gasteiger partial charge in [0.15, 0.2) is 5.78 Å². The third-order valence-electron chi connectivity index (χ3n) is 6.49. The van der Waals surface area contributed by atoms with Crippen LogP contribution in [0.5, 0.6) is 0 Å². The predicted molar refractivity (Wildman–Crippen MR) is 126 cm³/mol. The molecule has 0 spiro atoms. The second-order valence-electron chi connectivity index (χ2n) is 8.86. The summed E-state index contributed by atoms with van der Waals surface area (Å²) in [5.41, 5.74) is 5.55. The quantitative estimate of drug-likeness (QED) is 0.383. The van der Waals surface area contributed by atoms with Crippen LogP contribution < -0.4 is 4.90 Å². The van der Waals surface area contributed by atoms with Crippen molar-refractivity contribution in [1.29, 1.82) is 0 Å². The van der Waals surface area contributed by atoms with Gasteiger partial charge in [-0.1, -0.05) is 30.2 Å². The molecule has 2 aliphatic rings. The lowest BCUT2D eigenvalue weighted by Gasteiger charge is -2.25. The van der Waals surface area contributed by atoms with Gasteiger partial charge in [0.2, 0.25) is 5.91 Å². The molecule has 0 radical (unpaired) electrons. The summed E-state index contributed by atoms with van der Waals surface area (Å²) in [6, 6.07) is 12.1. The van der Waals surface area contributed by atoms with E-state index in [2.05, 4.69) is 18.0 Å². The molecule has 0 saturated carbocycles. The number of likely N-dealkylation sites (N-methyl/N-ethyl adjacent to an activating group) is 1. The number of Topliss-reactive ketones (excluding diaryl/α,β-unsaturated/α-hetero) is 1. The first-order chi connectivity index (χ1) is 15.0. The monoisotopic (exact) mass is 438 g/mol. The van der Waals surface area contributed by atoms with Crippen molar-refractivity contribution < 1.29 is 9.59 Å². The van der Waals surface area contributed by atoms with Crippen molar-refractivity contribution in [3.63, 3.8) is 0 Å². The lowest BCUT2D eigenvalue weighted by atomic mass is 9.94. The summed E-state index contributed by atoms with van der Waals surface area (Å²) in [5, 5.41) is 0.795. The fraction of sp³-hybridized carbons (Fsp3) is 0.462. The molecule has 2 heterocycles. The Bertz CT molecular complexity index is 972. The van der Waals surface area contributed by atoms with Gasteiger partial charge in [-0.3, -0.25) is 9.59 Å². The van der Waals surface area contributed by atoms with Gasteiger partial charge in [-0.15, -0.1) is 0 Å². The highest BCUT2D eigenvalue weighted by Crippen LogP contribution is 2.37. The van der Waals surface area contributed by atoms with E-state index in [1.54, 1.807) is 0 Å². The van der Waals surface area contributed by atoms with Crippen molar-refractivity contribution in [2.45, 2.75) is 51.4 Å². The molecule has 1 amide bonds. The van der Waals surface area contributed by atoms with Gasteiger partial charge in [-0.25, -0.2) is 0 Å². The second kappa shape index (κ2) is 9.97. The Morgan fingerprint density at radius 2 is 1.84 bits per heavy atom. The molecule has 0 aromatic heterocycles. The molecule has 2 aliphatic heterocycles. The van der Waals surface area contributed by atoms with Crippen LogP contribution >= 0.6 is 11.6 Å². The Morgan fingerprint density at radius 3 is 2.65 bits per heavy atom. The van der Waals surface area contributed by atoms with E-state index in [9.17, 15) is 9.59 Å². The van der Waals surface area contributed by atoms with E-state index < -0.39 is 0 Å². The number of aryl methyl sites for hydroxylation is 1. The number of amides is 1. The van der Waals surface area contributed by atoms with Crippen LogP contribution in [0.3, 0.4) is 0 Å². The number of carbonyl (C=O) groups excluding carboxylic acids is 2. The molecule has 0 bridgehead atoms. The predicted octanol–water partition coefficient (Wildman–Crippen LogP) is 5.09. The SMILES string of the molecule is CN(CCCCCC(=O)c1cc2c3c(c1)CCN3C(=O)CC2)CCc1cccc(Cl)c1. The van der Waals surface area contributed by atoms with Crippen LogP contribution in [0.1, 0.15) is 59.2 Å². The average Bonchev–Trinajstić information content (AvgIpc) is 3.20. The van der Waals surface area contributed by atoms with Gasteiger partial charge >= 0.3 is 0 Å². The first-order valence-electron chi connectivity index (χ1n) is 11.4. The van der Waals surface area contributed by atoms with E-state index in [-0.39, 0.29) is 11.7 Å². The van der Waals surface area contributed by atoms with Crippen LogP contribution in [0.25, 0.3) is 0 Å². The lowest BCUT2D eigenvalue weighted by Crippen LogP contribution is -2.32. The standard InChI is InChI=1S/C26H31ClN2O2/c1-28(14-11-19-6-5-7-23(27)16-19)13-4-2-3-8-24(30)22-17-20-9-10-25(31)29-15-12-21(18-22)26(20)29/h5-7,16-18H,2-4,8-15H2,1H3. The summed E-state index contributed by atoms with van der Waals surface area (Å²) >= 11 is 6.05. The summed E-state index contributed by atoms with van der Waals surface area (Å²) in [4.78, 5) is 29.1. The summed E-state index contributed by atoms with van der Waals surface area (Å²) in [5.74, 6) is 0.464. The molecule has 0 unspecified atom stereocenters. The van der Waals surface area contributed by atoms with Crippen LogP contribution in [-0.4, -0.2) is 43.3 Å². The molecule has 2 aromatic rings. The number of hydrogen-bond donors (Lipinski definition) is 0. The Kier molecular flexibility index (Phi) is 7.09. The molecular weight excluding hydrogens is 408 g/mol. The van der Waals surface area contributed by atoms with Crippen molar-refractivity contribution in [3.05, 3.63) is 63.7 Å². The zero-order chi connectivity index (χ0) is 21.8. The first-order valence-corrected chi connectivity index (χ1v) is 11.8. The van der Waals surface area contributed by atoms with Crippen LogP contribution in [0.4, 0.5) is 5.69 Å². The largest absolute Gasteiger partial charge is 0.312 e. The van der Waals surface area contributed by atoms with E-state index in [1.165, 1.54) is 16.7 Å².